The summed E-state index contributed by atoms with van der Waals surface area (Å²) in [6.45, 7) is 1.17. The fraction of sp³-hybridized carbons (Fsp3) is 0.542. The van der Waals surface area contributed by atoms with E-state index < -0.39 is 5.60 Å². The summed E-state index contributed by atoms with van der Waals surface area (Å²) in [6, 6.07) is 10.3. The highest BCUT2D eigenvalue weighted by Gasteiger charge is 2.45. The van der Waals surface area contributed by atoms with Crippen LogP contribution < -0.4 is 5.32 Å². The molecule has 5 rings (SSSR count). The minimum Gasteiger partial charge on any atom is -0.366 e. The van der Waals surface area contributed by atoms with E-state index in [1.54, 1.807) is 6.07 Å². The maximum absolute atomic E-state index is 12.7. The van der Waals surface area contributed by atoms with E-state index in [2.05, 4.69) is 28.7 Å². The van der Waals surface area contributed by atoms with E-state index in [-0.39, 0.29) is 17.9 Å². The van der Waals surface area contributed by atoms with E-state index in [1.165, 1.54) is 30.2 Å². The molecule has 3 heterocycles. The lowest BCUT2D eigenvalue weighted by Crippen LogP contribution is -2.51. The lowest BCUT2D eigenvalue weighted by Gasteiger charge is -2.47. The largest absolute Gasteiger partial charge is 0.366 e. The quantitative estimate of drug-likeness (QED) is 0.816. The van der Waals surface area contributed by atoms with Crippen LogP contribution in [0.1, 0.15) is 66.6 Å². The SMILES string of the molecule is O=C(CC1Cc2ccccc2C2(CCN(C(=O)c3ccon3)CC2)O1)NC1CCCC1. The van der Waals surface area contributed by atoms with Gasteiger partial charge in [0.1, 0.15) is 6.26 Å². The molecular weight excluding hydrogens is 394 g/mol. The van der Waals surface area contributed by atoms with Gasteiger partial charge in [0.25, 0.3) is 5.91 Å². The van der Waals surface area contributed by atoms with Crippen LogP contribution in [0.4, 0.5) is 0 Å². The molecular formula is C24H29N3O4. The van der Waals surface area contributed by atoms with E-state index in [0.717, 1.165) is 19.3 Å². The minimum absolute atomic E-state index is 0.0880. The van der Waals surface area contributed by atoms with Gasteiger partial charge in [-0.25, -0.2) is 0 Å². The molecule has 7 heteroatoms. The third-order valence-electron chi connectivity index (χ3n) is 7.00. The van der Waals surface area contributed by atoms with Gasteiger partial charge in [-0.3, -0.25) is 9.59 Å². The van der Waals surface area contributed by atoms with Gasteiger partial charge < -0.3 is 19.5 Å². The maximum Gasteiger partial charge on any atom is 0.276 e. The van der Waals surface area contributed by atoms with Crippen molar-refractivity contribution in [2.45, 2.75) is 69.1 Å². The maximum atomic E-state index is 12.7. The van der Waals surface area contributed by atoms with Crippen molar-refractivity contribution in [2.24, 2.45) is 0 Å². The number of nitrogens with zero attached hydrogens (tertiary/aromatic N) is 2. The van der Waals surface area contributed by atoms with Crippen LogP contribution in [0.5, 0.6) is 0 Å². The van der Waals surface area contributed by atoms with Gasteiger partial charge in [-0.2, -0.15) is 0 Å². The molecule has 7 nitrogen and oxygen atoms in total. The number of carbonyl (C=O) groups is 2. The molecule has 3 aliphatic rings. The zero-order valence-corrected chi connectivity index (χ0v) is 17.7. The molecule has 2 aromatic rings. The Morgan fingerprint density at radius 2 is 1.90 bits per heavy atom. The Balaban J connectivity index is 1.29. The summed E-state index contributed by atoms with van der Waals surface area (Å²) in [7, 11) is 0. The van der Waals surface area contributed by atoms with Gasteiger partial charge in [0.05, 0.1) is 18.1 Å². The highest BCUT2D eigenvalue weighted by atomic mass is 16.5. The van der Waals surface area contributed by atoms with Crippen molar-refractivity contribution in [2.75, 3.05) is 13.1 Å². The summed E-state index contributed by atoms with van der Waals surface area (Å²) in [5.74, 6) is -0.0229. The number of ether oxygens (including phenoxy) is 1. The van der Waals surface area contributed by atoms with Crippen LogP contribution in [-0.4, -0.2) is 47.1 Å². The smallest absolute Gasteiger partial charge is 0.276 e. The zero-order valence-electron chi connectivity index (χ0n) is 17.7. The topological polar surface area (TPSA) is 84.7 Å². The van der Waals surface area contributed by atoms with Gasteiger partial charge in [-0.05, 0) is 43.2 Å². The van der Waals surface area contributed by atoms with Gasteiger partial charge in [0.2, 0.25) is 5.91 Å². The highest BCUT2D eigenvalue weighted by Crippen LogP contribution is 2.44. The summed E-state index contributed by atoms with van der Waals surface area (Å²) in [5.41, 5.74) is 2.34. The first kappa shape index (κ1) is 20.2. The lowest BCUT2D eigenvalue weighted by atomic mass is 9.77. The molecule has 1 aliphatic carbocycles. The summed E-state index contributed by atoms with van der Waals surface area (Å²) < 4.78 is 11.5. The summed E-state index contributed by atoms with van der Waals surface area (Å²) in [4.78, 5) is 27.1. The molecule has 1 unspecified atom stereocenters. The summed E-state index contributed by atoms with van der Waals surface area (Å²) in [5, 5.41) is 6.97. The normalized spacial score (nSPS) is 23.0. The van der Waals surface area contributed by atoms with Gasteiger partial charge in [-0.15, -0.1) is 0 Å². The molecule has 0 radical (unpaired) electrons. The van der Waals surface area contributed by atoms with Crippen LogP contribution in [0.3, 0.4) is 0 Å². The van der Waals surface area contributed by atoms with Crippen molar-refractivity contribution in [3.63, 3.8) is 0 Å². The Kier molecular flexibility index (Phi) is 5.52. The van der Waals surface area contributed by atoms with E-state index >= 15 is 0 Å². The summed E-state index contributed by atoms with van der Waals surface area (Å²) in [6.07, 6.45) is 8.37. The summed E-state index contributed by atoms with van der Waals surface area (Å²) >= 11 is 0. The van der Waals surface area contributed by atoms with E-state index in [9.17, 15) is 9.59 Å². The standard InChI is InChI=1S/C24H29N3O4/c28-22(25-18-6-2-3-7-18)16-19-15-17-5-1-4-8-20(17)24(31-19)10-12-27(13-11-24)23(29)21-9-14-30-26-21/h1,4-5,8-9,14,18-19H,2-3,6-7,10-13,15-16H2,(H,25,28). The first-order valence-corrected chi connectivity index (χ1v) is 11.4. The number of hydrogen-bond donors (Lipinski definition) is 1. The average Bonchev–Trinajstić information content (AvgIpc) is 3.48. The van der Waals surface area contributed by atoms with Crippen LogP contribution in [0.2, 0.25) is 0 Å². The number of carbonyl (C=O) groups excluding carboxylic acids is 2. The first-order chi connectivity index (χ1) is 15.1. The van der Waals surface area contributed by atoms with Crippen LogP contribution in [0.25, 0.3) is 0 Å². The van der Waals surface area contributed by atoms with Crippen molar-refractivity contribution in [3.05, 3.63) is 53.4 Å². The van der Waals surface area contributed by atoms with Crippen molar-refractivity contribution in [1.29, 1.82) is 0 Å². The molecule has 1 saturated carbocycles. The molecule has 2 fully saturated rings. The number of benzene rings is 1. The number of nitrogens with one attached hydrogen (secondary N) is 1. The number of aromatic nitrogens is 1. The minimum atomic E-state index is -0.451. The second kappa shape index (κ2) is 8.46. The van der Waals surface area contributed by atoms with Crippen LogP contribution in [0, 0.1) is 0 Å². The monoisotopic (exact) mass is 423 g/mol. The Labute approximate surface area is 182 Å². The second-order valence-corrected chi connectivity index (χ2v) is 9.03. The Hall–Kier alpha value is -2.67. The van der Waals surface area contributed by atoms with Crippen LogP contribution >= 0.6 is 0 Å². The number of likely N-dealkylation sites (tertiary alicyclic amines) is 1. The molecule has 1 saturated heterocycles. The van der Waals surface area contributed by atoms with Gasteiger partial charge in [0.15, 0.2) is 5.69 Å². The molecule has 31 heavy (non-hydrogen) atoms. The molecule has 1 aromatic carbocycles. The lowest BCUT2D eigenvalue weighted by molar-refractivity contribution is -0.148. The molecule has 1 N–H and O–H groups in total. The molecule has 2 aliphatic heterocycles. The zero-order chi connectivity index (χ0) is 21.3. The molecule has 1 atom stereocenters. The molecule has 164 valence electrons. The number of fused-ring (bicyclic) bond motifs is 2. The molecule has 1 aromatic heterocycles. The van der Waals surface area contributed by atoms with Crippen molar-refractivity contribution >= 4 is 11.8 Å². The fourth-order valence-corrected chi connectivity index (χ4v) is 5.43. The van der Waals surface area contributed by atoms with Crippen molar-refractivity contribution in [1.82, 2.24) is 15.4 Å². The average molecular weight is 424 g/mol. The Morgan fingerprint density at radius 3 is 2.65 bits per heavy atom. The van der Waals surface area contributed by atoms with E-state index in [0.29, 0.717) is 44.1 Å². The first-order valence-electron chi connectivity index (χ1n) is 11.4. The second-order valence-electron chi connectivity index (χ2n) is 9.03. The number of amides is 2. The van der Waals surface area contributed by atoms with Crippen molar-refractivity contribution in [3.8, 4) is 0 Å². The molecule has 2 amide bonds. The van der Waals surface area contributed by atoms with Crippen molar-refractivity contribution < 1.29 is 18.8 Å². The predicted molar refractivity (Wildman–Crippen MR) is 113 cm³/mol. The van der Waals surface area contributed by atoms with Gasteiger partial charge in [0, 0.05) is 25.2 Å². The highest BCUT2D eigenvalue weighted by molar-refractivity contribution is 5.92. The van der Waals surface area contributed by atoms with Crippen LogP contribution in [0.15, 0.2) is 41.1 Å². The Bertz CT molecular complexity index is 928. The molecule has 1 spiro atoms. The predicted octanol–water partition coefficient (Wildman–Crippen LogP) is 3.20. The van der Waals surface area contributed by atoms with E-state index in [4.69, 9.17) is 9.26 Å². The molecule has 0 bridgehead atoms. The van der Waals surface area contributed by atoms with Gasteiger partial charge >= 0.3 is 0 Å². The fourth-order valence-electron chi connectivity index (χ4n) is 5.43. The number of rotatable bonds is 4. The van der Waals surface area contributed by atoms with Gasteiger partial charge in [-0.1, -0.05) is 42.3 Å². The Morgan fingerprint density at radius 1 is 1.13 bits per heavy atom. The van der Waals surface area contributed by atoms with Crippen LogP contribution in [-0.2, 0) is 21.6 Å². The number of piperidine rings is 1. The number of hydrogen-bond acceptors (Lipinski definition) is 5. The third-order valence-corrected chi connectivity index (χ3v) is 7.00. The third kappa shape index (κ3) is 4.11. The van der Waals surface area contributed by atoms with E-state index in [1.807, 2.05) is 11.0 Å².